The Morgan fingerprint density at radius 3 is 2.69 bits per heavy atom. The van der Waals surface area contributed by atoms with Gasteiger partial charge in [-0.25, -0.2) is 9.37 Å². The smallest absolute Gasteiger partial charge is 0.260 e. The van der Waals surface area contributed by atoms with E-state index in [0.717, 1.165) is 32.0 Å². The van der Waals surface area contributed by atoms with Crippen molar-refractivity contribution in [1.29, 1.82) is 0 Å². The fourth-order valence-corrected chi connectivity index (χ4v) is 4.61. The van der Waals surface area contributed by atoms with E-state index in [4.69, 9.17) is 9.84 Å². The molecule has 4 heterocycles. The summed E-state index contributed by atoms with van der Waals surface area (Å²) >= 11 is 0. The number of amides is 2. The molecule has 0 saturated carbocycles. The minimum Gasteiger partial charge on any atom is -0.481 e. The third-order valence-corrected chi connectivity index (χ3v) is 6.63. The Morgan fingerprint density at radius 1 is 1.22 bits per heavy atom. The second kappa shape index (κ2) is 9.36. The highest BCUT2D eigenvalue weighted by Crippen LogP contribution is 2.40. The van der Waals surface area contributed by atoms with Crippen LogP contribution in [0.25, 0.3) is 5.57 Å². The van der Waals surface area contributed by atoms with Crippen LogP contribution in [-0.4, -0.2) is 71.7 Å². The fraction of sp³-hybridized carbons (Fsp3) is 0.346. The number of halogens is 1. The summed E-state index contributed by atoms with van der Waals surface area (Å²) in [7, 11) is 0. The number of aromatic nitrogens is 1. The van der Waals surface area contributed by atoms with Crippen LogP contribution in [0.15, 0.2) is 54.1 Å². The summed E-state index contributed by atoms with van der Waals surface area (Å²) < 4.78 is 19.6. The van der Waals surface area contributed by atoms with Gasteiger partial charge < -0.3 is 25.4 Å². The molecular weight excluding hydrogens is 465 g/mol. The average molecular weight is 494 g/mol. The number of benzene rings is 1. The summed E-state index contributed by atoms with van der Waals surface area (Å²) in [6.07, 6.45) is 3.18. The Bertz CT molecular complexity index is 1260. The first kappa shape index (κ1) is 24.0. The van der Waals surface area contributed by atoms with Gasteiger partial charge >= 0.3 is 0 Å². The predicted molar refractivity (Wildman–Crippen MR) is 133 cm³/mol. The molecule has 0 spiro atoms. The summed E-state index contributed by atoms with van der Waals surface area (Å²) in [5.41, 5.74) is 1.25. The number of nitrogens with zero attached hydrogens (tertiary/aromatic N) is 3. The quantitative estimate of drug-likeness (QED) is 0.548. The maximum atomic E-state index is 13.6. The SMILES string of the molecule is CC1(C)O/C(=C2/C(=O)Nc3cc(F)ccc32)C=C1NC(=O)c1ccc(N2CCN(CCO)CC2)nc1. The topological polar surface area (TPSA) is 107 Å². The predicted octanol–water partition coefficient (Wildman–Crippen LogP) is 2.12. The first-order valence-corrected chi connectivity index (χ1v) is 11.9. The van der Waals surface area contributed by atoms with E-state index in [1.807, 2.05) is 6.07 Å². The summed E-state index contributed by atoms with van der Waals surface area (Å²) in [6, 6.07) is 7.64. The highest BCUT2D eigenvalue weighted by Gasteiger charge is 2.38. The zero-order valence-electron chi connectivity index (χ0n) is 20.2. The summed E-state index contributed by atoms with van der Waals surface area (Å²) in [5, 5.41) is 14.6. The number of carbonyl (C=O) groups excluding carboxylic acids is 2. The summed E-state index contributed by atoms with van der Waals surface area (Å²) in [6.45, 7) is 7.72. The number of rotatable bonds is 5. The Morgan fingerprint density at radius 2 is 2.00 bits per heavy atom. The Labute approximate surface area is 208 Å². The molecule has 36 heavy (non-hydrogen) atoms. The molecule has 10 heteroatoms. The molecular formula is C26H28FN5O4. The monoisotopic (exact) mass is 493 g/mol. The number of β-amino-alcohol motifs (C(OH)–C–C–N with tert-alkyl or cyclic N) is 1. The molecule has 1 saturated heterocycles. The lowest BCUT2D eigenvalue weighted by molar-refractivity contribution is -0.111. The van der Waals surface area contributed by atoms with Crippen LogP contribution in [-0.2, 0) is 9.53 Å². The number of aliphatic hydroxyl groups is 1. The number of aliphatic hydroxyl groups excluding tert-OH is 1. The van der Waals surface area contributed by atoms with Crippen LogP contribution in [0.5, 0.6) is 0 Å². The number of pyridine rings is 1. The molecule has 3 N–H and O–H groups in total. The molecule has 1 aromatic heterocycles. The van der Waals surface area contributed by atoms with E-state index >= 15 is 0 Å². The van der Waals surface area contributed by atoms with Crippen molar-refractivity contribution in [1.82, 2.24) is 15.2 Å². The van der Waals surface area contributed by atoms with Gasteiger partial charge in [0, 0.05) is 50.6 Å². The van der Waals surface area contributed by atoms with Crippen molar-refractivity contribution in [2.45, 2.75) is 19.4 Å². The third-order valence-electron chi connectivity index (χ3n) is 6.63. The van der Waals surface area contributed by atoms with E-state index in [-0.39, 0.29) is 18.4 Å². The number of carbonyl (C=O) groups is 2. The maximum absolute atomic E-state index is 13.6. The van der Waals surface area contributed by atoms with Gasteiger partial charge in [-0.1, -0.05) is 0 Å². The molecule has 1 fully saturated rings. The fourth-order valence-electron chi connectivity index (χ4n) is 4.61. The van der Waals surface area contributed by atoms with Crippen molar-refractivity contribution in [3.05, 3.63) is 71.0 Å². The van der Waals surface area contributed by atoms with Gasteiger partial charge in [0.1, 0.15) is 23.0 Å². The van der Waals surface area contributed by atoms with E-state index in [9.17, 15) is 14.0 Å². The second-order valence-corrected chi connectivity index (χ2v) is 9.47. The standard InChI is InChI=1S/C26H28FN5O4/c1-26(2)21(14-20(36-26)23-18-5-4-17(27)13-19(18)29-25(23)35)30-24(34)16-3-6-22(28-15-16)32-9-7-31(8-10-32)11-12-33/h3-6,13-15,33H,7-12H2,1-2H3,(H,29,35)(H,30,34)/b23-20+. The molecule has 0 unspecified atom stereocenters. The lowest BCUT2D eigenvalue weighted by atomic mass is 10.0. The molecule has 0 atom stereocenters. The molecule has 0 aliphatic carbocycles. The molecule has 9 nitrogen and oxygen atoms in total. The van der Waals surface area contributed by atoms with Gasteiger partial charge in [0.25, 0.3) is 11.8 Å². The number of fused-ring (bicyclic) bond motifs is 1. The van der Waals surface area contributed by atoms with Gasteiger partial charge in [-0.3, -0.25) is 14.5 Å². The number of anilines is 2. The van der Waals surface area contributed by atoms with Crippen LogP contribution in [0.2, 0.25) is 0 Å². The van der Waals surface area contributed by atoms with Gasteiger partial charge in [0.2, 0.25) is 0 Å². The normalized spacial score (nSPS) is 21.1. The molecule has 3 aliphatic rings. The molecule has 0 bridgehead atoms. The minimum atomic E-state index is -0.886. The zero-order valence-corrected chi connectivity index (χ0v) is 20.2. The van der Waals surface area contributed by atoms with Crippen LogP contribution in [0.3, 0.4) is 0 Å². The number of piperazine rings is 1. The summed E-state index contributed by atoms with van der Waals surface area (Å²) in [5.74, 6) is -0.0584. The van der Waals surface area contributed by atoms with Gasteiger partial charge in [0.15, 0.2) is 0 Å². The van der Waals surface area contributed by atoms with Crippen LogP contribution in [0, 0.1) is 5.82 Å². The van der Waals surface area contributed by atoms with Gasteiger partial charge in [-0.05, 0) is 44.2 Å². The van der Waals surface area contributed by atoms with E-state index in [1.54, 1.807) is 32.2 Å². The molecule has 3 aliphatic heterocycles. The van der Waals surface area contributed by atoms with E-state index in [1.165, 1.54) is 18.2 Å². The second-order valence-electron chi connectivity index (χ2n) is 9.47. The van der Waals surface area contributed by atoms with Crippen LogP contribution in [0.4, 0.5) is 15.9 Å². The maximum Gasteiger partial charge on any atom is 0.260 e. The van der Waals surface area contributed by atoms with Crippen molar-refractivity contribution in [3.8, 4) is 0 Å². The lowest BCUT2D eigenvalue weighted by Crippen LogP contribution is -2.47. The Hall–Kier alpha value is -3.76. The van der Waals surface area contributed by atoms with Crippen molar-refractivity contribution in [3.63, 3.8) is 0 Å². The van der Waals surface area contributed by atoms with Crippen molar-refractivity contribution >= 4 is 28.9 Å². The molecule has 2 amide bonds. The van der Waals surface area contributed by atoms with Crippen LogP contribution < -0.4 is 15.5 Å². The highest BCUT2D eigenvalue weighted by molar-refractivity contribution is 6.32. The zero-order chi connectivity index (χ0) is 25.4. The van der Waals surface area contributed by atoms with E-state index in [2.05, 4.69) is 25.4 Å². The average Bonchev–Trinajstić information content (AvgIpc) is 3.33. The first-order chi connectivity index (χ1) is 17.2. The van der Waals surface area contributed by atoms with Crippen LogP contribution in [0.1, 0.15) is 29.8 Å². The van der Waals surface area contributed by atoms with Crippen molar-refractivity contribution < 1.29 is 23.8 Å². The van der Waals surface area contributed by atoms with Gasteiger partial charge in [-0.2, -0.15) is 0 Å². The Balaban J connectivity index is 1.31. The molecule has 188 valence electrons. The third kappa shape index (κ3) is 4.57. The van der Waals surface area contributed by atoms with Gasteiger partial charge in [-0.15, -0.1) is 0 Å². The molecule has 0 radical (unpaired) electrons. The molecule has 2 aromatic rings. The number of allylic oxidation sites excluding steroid dienone is 1. The lowest BCUT2D eigenvalue weighted by Gasteiger charge is -2.35. The number of nitrogens with one attached hydrogen (secondary N) is 2. The Kier molecular flexibility index (Phi) is 6.23. The van der Waals surface area contributed by atoms with Crippen LogP contribution >= 0.6 is 0 Å². The summed E-state index contributed by atoms with van der Waals surface area (Å²) in [4.78, 5) is 34.4. The van der Waals surface area contributed by atoms with E-state index < -0.39 is 11.4 Å². The number of hydrogen-bond donors (Lipinski definition) is 3. The van der Waals surface area contributed by atoms with Crippen molar-refractivity contribution in [2.75, 3.05) is 49.5 Å². The minimum absolute atomic E-state index is 0.152. The highest BCUT2D eigenvalue weighted by atomic mass is 19.1. The molecule has 5 rings (SSSR count). The van der Waals surface area contributed by atoms with Crippen molar-refractivity contribution in [2.24, 2.45) is 0 Å². The molecule has 1 aromatic carbocycles. The first-order valence-electron chi connectivity index (χ1n) is 11.9. The number of ether oxygens (including phenoxy) is 1. The van der Waals surface area contributed by atoms with E-state index in [0.29, 0.717) is 40.4 Å². The largest absolute Gasteiger partial charge is 0.481 e. The van der Waals surface area contributed by atoms with Gasteiger partial charge in [0.05, 0.1) is 29.1 Å². The number of hydrogen-bond acceptors (Lipinski definition) is 7.